The van der Waals surface area contributed by atoms with Crippen molar-refractivity contribution in [2.24, 2.45) is 0 Å². The zero-order valence-electron chi connectivity index (χ0n) is 17.8. The highest BCUT2D eigenvalue weighted by molar-refractivity contribution is 6.11. The average molecular weight is 448 g/mol. The minimum atomic E-state index is -0.678. The van der Waals surface area contributed by atoms with Crippen LogP contribution in [0.5, 0.6) is 0 Å². The number of nitrogens with one attached hydrogen (secondary N) is 2. The van der Waals surface area contributed by atoms with Crippen molar-refractivity contribution in [2.75, 3.05) is 5.32 Å². The molecule has 2 N–H and O–H groups in total. The number of aromatic nitrogens is 5. The van der Waals surface area contributed by atoms with Crippen LogP contribution >= 0.6 is 0 Å². The lowest BCUT2D eigenvalue weighted by molar-refractivity contribution is 0.102. The summed E-state index contributed by atoms with van der Waals surface area (Å²) in [5.74, 6) is -0.955. The molecule has 0 radical (unpaired) electrons. The molecule has 1 aliphatic rings. The Bertz CT molecular complexity index is 1480. The highest BCUT2D eigenvalue weighted by Crippen LogP contribution is 2.40. The Labute approximate surface area is 186 Å². The number of H-pyrrole nitrogens is 1. The Kier molecular flexibility index (Phi) is 5.12. The molecule has 1 aliphatic carbocycles. The molecule has 1 fully saturated rings. The molecule has 3 aromatic heterocycles. The van der Waals surface area contributed by atoms with E-state index in [2.05, 4.69) is 20.4 Å². The van der Waals surface area contributed by atoms with Crippen LogP contribution in [-0.4, -0.2) is 30.2 Å². The van der Waals surface area contributed by atoms with Crippen LogP contribution in [0.4, 0.5) is 10.1 Å². The van der Waals surface area contributed by atoms with E-state index in [0.717, 1.165) is 12.8 Å². The largest absolute Gasteiger partial charge is 0.329 e. The summed E-state index contributed by atoms with van der Waals surface area (Å²) in [6, 6.07) is 7.53. The second-order valence-corrected chi connectivity index (χ2v) is 8.05. The Morgan fingerprint density at radius 1 is 1.27 bits per heavy atom. The Balaban J connectivity index is 1.58. The number of pyridine rings is 1. The molecule has 9 nitrogen and oxygen atoms in total. The number of anilines is 1. The number of benzene rings is 1. The van der Waals surface area contributed by atoms with Crippen LogP contribution in [0.15, 0.2) is 52.3 Å². The van der Waals surface area contributed by atoms with Crippen LogP contribution in [0.3, 0.4) is 0 Å². The number of nitrogens with zero attached hydrogens (tertiary/aromatic N) is 4. The summed E-state index contributed by atoms with van der Waals surface area (Å²) in [7, 11) is 0. The molecule has 10 heteroatoms. The van der Waals surface area contributed by atoms with Crippen molar-refractivity contribution in [1.82, 2.24) is 24.3 Å². The normalized spacial score (nSPS) is 13.4. The fourth-order valence-corrected chi connectivity index (χ4v) is 3.87. The second kappa shape index (κ2) is 8.12. The molecule has 0 bridgehead atoms. The first-order valence-electron chi connectivity index (χ1n) is 10.7. The number of amides is 1. The van der Waals surface area contributed by atoms with Gasteiger partial charge in [-0.3, -0.25) is 19.1 Å². The standard InChI is InChI=1S/C23H21FN6O3/c1-2-9-29-20-19(22(32)28-23(29)33)15(12-17(27-20)13-4-5-13)21(31)26-14-6-7-18(16(24)11-14)30-10-3-8-25-30/h3,6-8,10-13H,2,4-5,9H2,1H3,(H,26,31)(H,28,32,33). The van der Waals surface area contributed by atoms with E-state index < -0.39 is 23.0 Å². The van der Waals surface area contributed by atoms with Gasteiger partial charge >= 0.3 is 5.69 Å². The van der Waals surface area contributed by atoms with E-state index in [0.29, 0.717) is 18.7 Å². The van der Waals surface area contributed by atoms with E-state index in [9.17, 15) is 18.8 Å². The van der Waals surface area contributed by atoms with Gasteiger partial charge in [-0.1, -0.05) is 6.92 Å². The molecule has 5 rings (SSSR count). The van der Waals surface area contributed by atoms with E-state index in [1.807, 2.05) is 6.92 Å². The molecule has 0 saturated heterocycles. The summed E-state index contributed by atoms with van der Waals surface area (Å²) in [5.41, 5.74) is 0.195. The molecule has 0 atom stereocenters. The van der Waals surface area contributed by atoms with Gasteiger partial charge in [-0.05, 0) is 49.6 Å². The summed E-state index contributed by atoms with van der Waals surface area (Å²) >= 11 is 0. The van der Waals surface area contributed by atoms with Crippen LogP contribution in [0.25, 0.3) is 16.7 Å². The number of aryl methyl sites for hydroxylation is 1. The Morgan fingerprint density at radius 3 is 2.76 bits per heavy atom. The van der Waals surface area contributed by atoms with Crippen molar-refractivity contribution in [3.8, 4) is 5.69 Å². The van der Waals surface area contributed by atoms with Gasteiger partial charge in [0.2, 0.25) is 0 Å². The van der Waals surface area contributed by atoms with Gasteiger partial charge in [0.05, 0.1) is 10.9 Å². The average Bonchev–Trinajstić information content (AvgIpc) is 3.50. The first-order chi connectivity index (χ1) is 16.0. The number of carbonyl (C=O) groups is 1. The summed E-state index contributed by atoms with van der Waals surface area (Å²) < 4.78 is 17.4. The molecule has 0 spiro atoms. The molecular formula is C23H21FN6O3. The predicted octanol–water partition coefficient (Wildman–Crippen LogP) is 2.95. The van der Waals surface area contributed by atoms with Gasteiger partial charge in [0.1, 0.15) is 5.69 Å². The number of hydrogen-bond donors (Lipinski definition) is 2. The predicted molar refractivity (Wildman–Crippen MR) is 120 cm³/mol. The zero-order valence-corrected chi connectivity index (χ0v) is 17.8. The van der Waals surface area contributed by atoms with Crippen LogP contribution < -0.4 is 16.6 Å². The molecule has 168 valence electrons. The lowest BCUT2D eigenvalue weighted by atomic mass is 10.1. The van der Waals surface area contributed by atoms with Crippen LogP contribution in [0.2, 0.25) is 0 Å². The fourth-order valence-electron chi connectivity index (χ4n) is 3.87. The molecule has 0 aliphatic heterocycles. The van der Waals surface area contributed by atoms with Gasteiger partial charge in [-0.15, -0.1) is 0 Å². The van der Waals surface area contributed by atoms with Crippen LogP contribution in [0.1, 0.15) is 48.2 Å². The molecule has 4 aromatic rings. The maximum atomic E-state index is 14.6. The van der Waals surface area contributed by atoms with Crippen molar-refractivity contribution in [3.05, 3.63) is 80.6 Å². The number of rotatable bonds is 6. The summed E-state index contributed by atoms with van der Waals surface area (Å²) in [6.45, 7) is 2.26. The van der Waals surface area contributed by atoms with E-state index in [4.69, 9.17) is 0 Å². The molecule has 1 aromatic carbocycles. The van der Waals surface area contributed by atoms with Gasteiger partial charge in [-0.2, -0.15) is 5.10 Å². The Hall–Kier alpha value is -4.08. The van der Waals surface area contributed by atoms with Crippen molar-refractivity contribution in [2.45, 2.75) is 38.6 Å². The maximum Gasteiger partial charge on any atom is 0.329 e. The topological polar surface area (TPSA) is 115 Å². The number of halogens is 1. The minimum Gasteiger partial charge on any atom is -0.322 e. The van der Waals surface area contributed by atoms with Gasteiger partial charge in [0.25, 0.3) is 11.5 Å². The lowest BCUT2D eigenvalue weighted by Gasteiger charge is -2.13. The van der Waals surface area contributed by atoms with E-state index in [1.165, 1.54) is 27.6 Å². The van der Waals surface area contributed by atoms with Crippen molar-refractivity contribution < 1.29 is 9.18 Å². The van der Waals surface area contributed by atoms with Crippen LogP contribution in [-0.2, 0) is 6.54 Å². The second-order valence-electron chi connectivity index (χ2n) is 8.05. The van der Waals surface area contributed by atoms with Crippen molar-refractivity contribution in [1.29, 1.82) is 0 Å². The smallest absolute Gasteiger partial charge is 0.322 e. The number of hydrogen-bond acceptors (Lipinski definition) is 5. The molecule has 3 heterocycles. The van der Waals surface area contributed by atoms with Gasteiger partial charge in [0.15, 0.2) is 11.5 Å². The third-order valence-corrected chi connectivity index (χ3v) is 5.61. The van der Waals surface area contributed by atoms with Gasteiger partial charge in [-0.25, -0.2) is 18.9 Å². The summed E-state index contributed by atoms with van der Waals surface area (Å²) in [4.78, 5) is 45.2. The van der Waals surface area contributed by atoms with Crippen LogP contribution in [0, 0.1) is 5.82 Å². The SMILES string of the molecule is CCCn1c(=O)[nH]c(=O)c2c(C(=O)Nc3ccc(-n4cccn4)c(F)c3)cc(C3CC3)nc21. The van der Waals surface area contributed by atoms with E-state index >= 15 is 0 Å². The highest BCUT2D eigenvalue weighted by atomic mass is 19.1. The summed E-state index contributed by atoms with van der Waals surface area (Å²) in [6.07, 6.45) is 5.67. The number of carbonyl (C=O) groups excluding carboxylic acids is 1. The minimum absolute atomic E-state index is 0.0404. The van der Waals surface area contributed by atoms with Crippen molar-refractivity contribution >= 4 is 22.6 Å². The van der Waals surface area contributed by atoms with Gasteiger partial charge < -0.3 is 5.32 Å². The zero-order chi connectivity index (χ0) is 23.1. The first kappa shape index (κ1) is 20.8. The maximum absolute atomic E-state index is 14.6. The van der Waals surface area contributed by atoms with Crippen molar-refractivity contribution in [3.63, 3.8) is 0 Å². The monoisotopic (exact) mass is 448 g/mol. The quantitative estimate of drug-likeness (QED) is 0.471. The number of fused-ring (bicyclic) bond motifs is 1. The van der Waals surface area contributed by atoms with E-state index in [-0.39, 0.29) is 33.9 Å². The molecule has 0 unspecified atom stereocenters. The third-order valence-electron chi connectivity index (χ3n) is 5.61. The molecule has 1 saturated carbocycles. The molecular weight excluding hydrogens is 427 g/mol. The third kappa shape index (κ3) is 3.84. The number of aromatic amines is 1. The fraction of sp³-hybridized carbons (Fsp3) is 0.261. The lowest BCUT2D eigenvalue weighted by Crippen LogP contribution is -2.32. The van der Waals surface area contributed by atoms with Gasteiger partial charge in [0, 0.05) is 36.2 Å². The molecule has 33 heavy (non-hydrogen) atoms. The highest BCUT2D eigenvalue weighted by Gasteiger charge is 2.28. The van der Waals surface area contributed by atoms with E-state index in [1.54, 1.807) is 24.4 Å². The first-order valence-corrected chi connectivity index (χ1v) is 10.7. The molecule has 1 amide bonds. The Morgan fingerprint density at radius 2 is 2.09 bits per heavy atom. The summed E-state index contributed by atoms with van der Waals surface area (Å²) in [5, 5.41) is 6.72.